The third kappa shape index (κ3) is 5.42. The van der Waals surface area contributed by atoms with E-state index < -0.39 is 0 Å². The molecule has 1 aromatic carbocycles. The number of halogens is 2. The number of aliphatic hydroxyl groups excluding tert-OH is 1. The van der Waals surface area contributed by atoms with Gasteiger partial charge in [0.15, 0.2) is 0 Å². The molecule has 3 nitrogen and oxygen atoms in total. The van der Waals surface area contributed by atoms with Crippen LogP contribution in [0.15, 0.2) is 21.1 Å². The molecular weight excluding hydrogens is 374 g/mol. The van der Waals surface area contributed by atoms with Crippen molar-refractivity contribution in [2.45, 2.75) is 45.9 Å². The van der Waals surface area contributed by atoms with E-state index in [4.69, 9.17) is 4.74 Å². The predicted octanol–water partition coefficient (Wildman–Crippen LogP) is 3.86. The minimum atomic E-state index is 0.115. The molecule has 0 saturated carbocycles. The second-order valence-electron chi connectivity index (χ2n) is 4.71. The van der Waals surface area contributed by atoms with Crippen LogP contribution >= 0.6 is 31.9 Å². The van der Waals surface area contributed by atoms with Crippen molar-refractivity contribution < 1.29 is 9.84 Å². The van der Waals surface area contributed by atoms with Crippen molar-refractivity contribution in [3.63, 3.8) is 0 Å². The Morgan fingerprint density at radius 1 is 1.32 bits per heavy atom. The number of nitrogens with one attached hydrogen (secondary N) is 1. The van der Waals surface area contributed by atoms with E-state index in [2.05, 4.69) is 44.1 Å². The van der Waals surface area contributed by atoms with E-state index in [1.165, 1.54) is 0 Å². The molecule has 108 valence electrons. The van der Waals surface area contributed by atoms with Gasteiger partial charge < -0.3 is 15.2 Å². The summed E-state index contributed by atoms with van der Waals surface area (Å²) in [5, 5.41) is 12.5. The molecule has 1 rings (SSSR count). The second-order valence-corrected chi connectivity index (χ2v) is 6.48. The van der Waals surface area contributed by atoms with Crippen LogP contribution in [-0.4, -0.2) is 23.9 Å². The number of hydrogen-bond acceptors (Lipinski definition) is 3. The summed E-state index contributed by atoms with van der Waals surface area (Å²) < 4.78 is 7.80. The first-order valence-electron chi connectivity index (χ1n) is 6.46. The average molecular weight is 395 g/mol. The van der Waals surface area contributed by atoms with Crippen molar-refractivity contribution in [1.82, 2.24) is 5.32 Å². The van der Waals surface area contributed by atoms with Crippen molar-refractivity contribution in [3.8, 4) is 5.75 Å². The summed E-state index contributed by atoms with van der Waals surface area (Å²) in [5.74, 6) is 0.860. The molecule has 0 amide bonds. The molecule has 0 fully saturated rings. The van der Waals surface area contributed by atoms with E-state index in [1.54, 1.807) is 0 Å². The SMILES string of the molecule is CC[C@@H](CO)NCc1cc(Br)cc(Br)c1OC(C)C. The molecule has 0 aromatic heterocycles. The van der Waals surface area contributed by atoms with Crippen molar-refractivity contribution in [2.75, 3.05) is 6.61 Å². The minimum absolute atomic E-state index is 0.115. The monoisotopic (exact) mass is 393 g/mol. The van der Waals surface area contributed by atoms with Crippen LogP contribution in [0.25, 0.3) is 0 Å². The van der Waals surface area contributed by atoms with Crippen LogP contribution in [0.1, 0.15) is 32.8 Å². The van der Waals surface area contributed by atoms with Crippen molar-refractivity contribution in [3.05, 3.63) is 26.6 Å². The first kappa shape index (κ1) is 17.0. The lowest BCUT2D eigenvalue weighted by atomic mass is 10.1. The molecule has 0 aliphatic rings. The fraction of sp³-hybridized carbons (Fsp3) is 0.571. The molecule has 5 heteroatoms. The third-order valence-corrected chi connectivity index (χ3v) is 3.78. The van der Waals surface area contributed by atoms with Gasteiger partial charge in [0.05, 0.1) is 17.2 Å². The highest BCUT2D eigenvalue weighted by Gasteiger charge is 2.13. The second kappa shape index (κ2) is 8.25. The van der Waals surface area contributed by atoms with Crippen LogP contribution in [0.2, 0.25) is 0 Å². The van der Waals surface area contributed by atoms with E-state index in [9.17, 15) is 5.11 Å². The van der Waals surface area contributed by atoms with Gasteiger partial charge >= 0.3 is 0 Å². The van der Waals surface area contributed by atoms with Gasteiger partial charge in [-0.3, -0.25) is 0 Å². The van der Waals surface area contributed by atoms with Crippen LogP contribution in [-0.2, 0) is 6.54 Å². The minimum Gasteiger partial charge on any atom is -0.489 e. The van der Waals surface area contributed by atoms with E-state index in [0.717, 1.165) is 26.7 Å². The van der Waals surface area contributed by atoms with Crippen LogP contribution < -0.4 is 10.1 Å². The number of benzene rings is 1. The van der Waals surface area contributed by atoms with Crippen LogP contribution in [0.3, 0.4) is 0 Å². The maximum Gasteiger partial charge on any atom is 0.138 e. The molecule has 2 N–H and O–H groups in total. The first-order valence-corrected chi connectivity index (χ1v) is 8.05. The normalized spacial score (nSPS) is 12.8. The summed E-state index contributed by atoms with van der Waals surface area (Å²) in [7, 11) is 0. The fourth-order valence-corrected chi connectivity index (χ4v) is 3.11. The zero-order valence-corrected chi connectivity index (χ0v) is 14.7. The van der Waals surface area contributed by atoms with Crippen molar-refractivity contribution in [2.24, 2.45) is 0 Å². The van der Waals surface area contributed by atoms with Gasteiger partial charge in [0.1, 0.15) is 5.75 Å². The molecule has 0 aliphatic carbocycles. The molecule has 19 heavy (non-hydrogen) atoms. The highest BCUT2D eigenvalue weighted by atomic mass is 79.9. The lowest BCUT2D eigenvalue weighted by molar-refractivity contribution is 0.229. The molecule has 0 heterocycles. The first-order chi connectivity index (χ1) is 8.97. The third-order valence-electron chi connectivity index (χ3n) is 2.73. The summed E-state index contributed by atoms with van der Waals surface area (Å²) in [6, 6.07) is 4.13. The van der Waals surface area contributed by atoms with E-state index in [1.807, 2.05) is 26.0 Å². The molecule has 1 atom stereocenters. The van der Waals surface area contributed by atoms with Gasteiger partial charge in [0.2, 0.25) is 0 Å². The topological polar surface area (TPSA) is 41.5 Å². The number of aliphatic hydroxyl groups is 1. The summed E-state index contributed by atoms with van der Waals surface area (Å²) >= 11 is 7.03. The van der Waals surface area contributed by atoms with Crippen molar-refractivity contribution >= 4 is 31.9 Å². The Bertz CT molecular complexity index is 407. The van der Waals surface area contributed by atoms with Gasteiger partial charge in [-0.2, -0.15) is 0 Å². The Morgan fingerprint density at radius 2 is 2.00 bits per heavy atom. The summed E-state index contributed by atoms with van der Waals surface area (Å²) in [5.41, 5.74) is 1.07. The van der Waals surface area contributed by atoms with E-state index >= 15 is 0 Å². The lowest BCUT2D eigenvalue weighted by Gasteiger charge is -2.19. The van der Waals surface area contributed by atoms with Crippen LogP contribution in [0, 0.1) is 0 Å². The van der Waals surface area contributed by atoms with Gasteiger partial charge in [0.25, 0.3) is 0 Å². The fourth-order valence-electron chi connectivity index (χ4n) is 1.70. The highest BCUT2D eigenvalue weighted by molar-refractivity contribution is 9.11. The molecule has 0 bridgehead atoms. The van der Waals surface area contributed by atoms with Gasteiger partial charge in [-0.1, -0.05) is 22.9 Å². The standard InChI is InChI=1S/C14H21Br2NO2/c1-4-12(8-18)17-7-10-5-11(15)6-13(16)14(10)19-9(2)3/h5-6,9,12,17-18H,4,7-8H2,1-3H3/t12-/m0/s1. The number of rotatable bonds is 7. The molecule has 0 saturated heterocycles. The summed E-state index contributed by atoms with van der Waals surface area (Å²) in [6.07, 6.45) is 1.02. The Morgan fingerprint density at radius 3 is 2.53 bits per heavy atom. The number of hydrogen-bond donors (Lipinski definition) is 2. The largest absolute Gasteiger partial charge is 0.489 e. The highest BCUT2D eigenvalue weighted by Crippen LogP contribution is 2.33. The van der Waals surface area contributed by atoms with Gasteiger partial charge in [-0.05, 0) is 48.3 Å². The van der Waals surface area contributed by atoms with E-state index in [-0.39, 0.29) is 18.8 Å². The Hall–Kier alpha value is -0.100. The maximum absolute atomic E-state index is 9.22. The molecule has 1 aromatic rings. The lowest BCUT2D eigenvalue weighted by Crippen LogP contribution is -2.31. The molecule has 0 unspecified atom stereocenters. The Labute approximate surface area is 132 Å². The summed E-state index contributed by atoms with van der Waals surface area (Å²) in [6.45, 7) is 6.88. The zero-order chi connectivity index (χ0) is 14.4. The molecule has 0 radical (unpaired) electrons. The smallest absolute Gasteiger partial charge is 0.138 e. The van der Waals surface area contributed by atoms with Crippen LogP contribution in [0.5, 0.6) is 5.75 Å². The molecule has 0 aliphatic heterocycles. The zero-order valence-electron chi connectivity index (χ0n) is 11.5. The quantitative estimate of drug-likeness (QED) is 0.737. The van der Waals surface area contributed by atoms with E-state index in [0.29, 0.717) is 6.54 Å². The van der Waals surface area contributed by atoms with Crippen molar-refractivity contribution in [1.29, 1.82) is 0 Å². The Kier molecular flexibility index (Phi) is 7.36. The average Bonchev–Trinajstić information content (AvgIpc) is 2.34. The predicted molar refractivity (Wildman–Crippen MR) is 85.6 cm³/mol. The number of ether oxygens (including phenoxy) is 1. The van der Waals surface area contributed by atoms with Gasteiger partial charge in [-0.25, -0.2) is 0 Å². The molecule has 0 spiro atoms. The Balaban J connectivity index is 2.90. The van der Waals surface area contributed by atoms with Gasteiger partial charge in [-0.15, -0.1) is 0 Å². The van der Waals surface area contributed by atoms with Crippen LogP contribution in [0.4, 0.5) is 0 Å². The maximum atomic E-state index is 9.22. The molecular formula is C14H21Br2NO2. The van der Waals surface area contributed by atoms with Gasteiger partial charge in [0, 0.05) is 22.6 Å². The summed E-state index contributed by atoms with van der Waals surface area (Å²) in [4.78, 5) is 0.